The Kier molecular flexibility index (Phi) is 4.09. The second kappa shape index (κ2) is 5.36. The third-order valence-electron chi connectivity index (χ3n) is 1.50. The summed E-state index contributed by atoms with van der Waals surface area (Å²) in [6, 6.07) is 1.63. The maximum atomic E-state index is 5.30. The molecule has 1 aromatic heterocycles. The van der Waals surface area contributed by atoms with Gasteiger partial charge in [-0.05, 0) is 6.92 Å². The number of nitrogens with one attached hydrogen (secondary N) is 1. The number of methoxy groups -OCH3 is 1. The van der Waals surface area contributed by atoms with Gasteiger partial charge in [-0.3, -0.25) is 0 Å². The van der Waals surface area contributed by atoms with Crippen molar-refractivity contribution < 1.29 is 9.47 Å². The molecule has 6 heteroatoms. The molecule has 0 atom stereocenters. The van der Waals surface area contributed by atoms with Crippen molar-refractivity contribution in [3.8, 4) is 5.88 Å². The van der Waals surface area contributed by atoms with Crippen LogP contribution in [0.25, 0.3) is 0 Å². The highest BCUT2D eigenvalue weighted by molar-refractivity contribution is 5.36. The zero-order valence-corrected chi connectivity index (χ0v) is 8.28. The van der Waals surface area contributed by atoms with E-state index in [9.17, 15) is 0 Å². The molecule has 0 aliphatic rings. The van der Waals surface area contributed by atoms with Crippen LogP contribution in [-0.4, -0.2) is 30.3 Å². The number of aromatic nitrogens is 2. The lowest BCUT2D eigenvalue weighted by atomic mass is 10.5. The van der Waals surface area contributed by atoms with Gasteiger partial charge in [-0.1, -0.05) is 0 Å². The van der Waals surface area contributed by atoms with Crippen LogP contribution in [0.3, 0.4) is 0 Å². The van der Waals surface area contributed by atoms with Gasteiger partial charge in [0.15, 0.2) is 0 Å². The van der Waals surface area contributed by atoms with Crippen molar-refractivity contribution in [1.29, 1.82) is 0 Å². The normalized spacial score (nSPS) is 9.93. The fourth-order valence-electron chi connectivity index (χ4n) is 0.918. The predicted molar refractivity (Wildman–Crippen MR) is 52.0 cm³/mol. The molecule has 1 rings (SSSR count). The van der Waals surface area contributed by atoms with Crippen molar-refractivity contribution in [1.82, 2.24) is 9.97 Å². The van der Waals surface area contributed by atoms with Gasteiger partial charge in [0.25, 0.3) is 0 Å². The third-order valence-corrected chi connectivity index (χ3v) is 1.50. The quantitative estimate of drug-likeness (QED) is 0.396. The van der Waals surface area contributed by atoms with Gasteiger partial charge in [0, 0.05) is 13.2 Å². The van der Waals surface area contributed by atoms with Crippen molar-refractivity contribution >= 4 is 5.82 Å². The fraction of sp³-hybridized carbons (Fsp3) is 0.500. The number of rotatable bonds is 5. The van der Waals surface area contributed by atoms with Crippen molar-refractivity contribution in [3.05, 3.63) is 11.9 Å². The Hall–Kier alpha value is -1.40. The molecule has 0 aromatic carbocycles. The molecule has 78 valence electrons. The molecule has 0 saturated heterocycles. The zero-order chi connectivity index (χ0) is 10.4. The number of hydrazine groups is 1. The molecule has 0 radical (unpaired) electrons. The van der Waals surface area contributed by atoms with E-state index >= 15 is 0 Å². The Balaban J connectivity index is 2.62. The highest BCUT2D eigenvalue weighted by atomic mass is 16.5. The van der Waals surface area contributed by atoms with Crippen LogP contribution in [0.2, 0.25) is 0 Å². The first-order valence-corrected chi connectivity index (χ1v) is 4.20. The third kappa shape index (κ3) is 3.15. The Morgan fingerprint density at radius 2 is 2.21 bits per heavy atom. The Morgan fingerprint density at radius 1 is 1.43 bits per heavy atom. The van der Waals surface area contributed by atoms with Crippen LogP contribution in [-0.2, 0) is 4.74 Å². The van der Waals surface area contributed by atoms with E-state index in [1.165, 1.54) is 0 Å². The molecule has 0 amide bonds. The van der Waals surface area contributed by atoms with Gasteiger partial charge in [-0.25, -0.2) is 10.8 Å². The summed E-state index contributed by atoms with van der Waals surface area (Å²) in [6.07, 6.45) is 0. The van der Waals surface area contributed by atoms with Gasteiger partial charge < -0.3 is 14.9 Å². The molecule has 14 heavy (non-hydrogen) atoms. The van der Waals surface area contributed by atoms with E-state index in [0.717, 1.165) is 0 Å². The molecular formula is C8H14N4O2. The van der Waals surface area contributed by atoms with E-state index in [0.29, 0.717) is 30.7 Å². The lowest BCUT2D eigenvalue weighted by Crippen LogP contribution is -2.11. The first-order chi connectivity index (χ1) is 6.76. The van der Waals surface area contributed by atoms with Crippen LogP contribution in [0.5, 0.6) is 5.88 Å². The Bertz CT molecular complexity index is 293. The summed E-state index contributed by atoms with van der Waals surface area (Å²) in [4.78, 5) is 8.09. The van der Waals surface area contributed by atoms with Crippen molar-refractivity contribution in [3.63, 3.8) is 0 Å². The minimum atomic E-state index is 0.455. The molecule has 0 bridgehead atoms. The SMILES string of the molecule is COCCOc1cc(NN)nc(C)n1. The summed E-state index contributed by atoms with van der Waals surface area (Å²) in [5, 5.41) is 0. The molecule has 0 saturated carbocycles. The van der Waals surface area contributed by atoms with Gasteiger partial charge in [0.05, 0.1) is 6.61 Å². The average Bonchev–Trinajstić information content (AvgIpc) is 2.17. The van der Waals surface area contributed by atoms with Gasteiger partial charge in [0.2, 0.25) is 5.88 Å². The van der Waals surface area contributed by atoms with Gasteiger partial charge >= 0.3 is 0 Å². The van der Waals surface area contributed by atoms with Crippen molar-refractivity contribution in [2.24, 2.45) is 5.84 Å². The lowest BCUT2D eigenvalue weighted by Gasteiger charge is -2.06. The number of nitrogen functional groups attached to an aromatic ring is 1. The minimum Gasteiger partial charge on any atom is -0.475 e. The van der Waals surface area contributed by atoms with Gasteiger partial charge in [-0.15, -0.1) is 0 Å². The Morgan fingerprint density at radius 3 is 2.86 bits per heavy atom. The highest BCUT2D eigenvalue weighted by Gasteiger charge is 2.00. The van der Waals surface area contributed by atoms with Crippen LogP contribution < -0.4 is 16.0 Å². The summed E-state index contributed by atoms with van der Waals surface area (Å²) in [7, 11) is 1.61. The molecule has 3 N–H and O–H groups in total. The van der Waals surface area contributed by atoms with Crippen LogP contribution in [0, 0.1) is 6.92 Å². The average molecular weight is 198 g/mol. The summed E-state index contributed by atoms with van der Waals surface area (Å²) < 4.78 is 10.1. The number of anilines is 1. The second-order valence-corrected chi connectivity index (χ2v) is 2.62. The number of hydrogen-bond donors (Lipinski definition) is 2. The molecule has 0 aliphatic carbocycles. The summed E-state index contributed by atoms with van der Waals surface area (Å²) in [5.74, 6) is 6.85. The number of nitrogens with two attached hydrogens (primary N) is 1. The number of hydrogen-bond acceptors (Lipinski definition) is 6. The smallest absolute Gasteiger partial charge is 0.218 e. The molecule has 0 unspecified atom stereocenters. The predicted octanol–water partition coefficient (Wildman–Crippen LogP) is 0.0958. The van der Waals surface area contributed by atoms with Gasteiger partial charge in [0.1, 0.15) is 18.2 Å². The molecular weight excluding hydrogens is 184 g/mol. The number of ether oxygens (including phenoxy) is 2. The van der Waals surface area contributed by atoms with E-state index in [1.807, 2.05) is 0 Å². The summed E-state index contributed by atoms with van der Waals surface area (Å²) >= 11 is 0. The standard InChI is InChI=1S/C8H14N4O2/c1-6-10-7(12-9)5-8(11-6)14-4-3-13-2/h5H,3-4,9H2,1-2H3,(H,10,11,12). The van der Waals surface area contributed by atoms with Crippen LogP contribution in [0.4, 0.5) is 5.82 Å². The van der Waals surface area contributed by atoms with Crippen LogP contribution in [0.15, 0.2) is 6.07 Å². The minimum absolute atomic E-state index is 0.455. The maximum Gasteiger partial charge on any atom is 0.218 e. The highest BCUT2D eigenvalue weighted by Crippen LogP contribution is 2.11. The second-order valence-electron chi connectivity index (χ2n) is 2.62. The first-order valence-electron chi connectivity index (χ1n) is 4.20. The van der Waals surface area contributed by atoms with Gasteiger partial charge in [-0.2, -0.15) is 4.98 Å². The van der Waals surface area contributed by atoms with E-state index in [4.69, 9.17) is 15.3 Å². The Labute approximate surface area is 82.4 Å². The number of aryl methyl sites for hydroxylation is 1. The van der Waals surface area contributed by atoms with E-state index in [-0.39, 0.29) is 0 Å². The largest absolute Gasteiger partial charge is 0.475 e. The number of nitrogens with zero attached hydrogens (tertiary/aromatic N) is 2. The molecule has 0 aliphatic heterocycles. The topological polar surface area (TPSA) is 82.3 Å². The first kappa shape index (κ1) is 10.7. The molecule has 6 nitrogen and oxygen atoms in total. The van der Waals surface area contributed by atoms with Crippen LogP contribution >= 0.6 is 0 Å². The van der Waals surface area contributed by atoms with E-state index < -0.39 is 0 Å². The zero-order valence-electron chi connectivity index (χ0n) is 8.28. The van der Waals surface area contributed by atoms with E-state index in [2.05, 4.69) is 15.4 Å². The van der Waals surface area contributed by atoms with Crippen molar-refractivity contribution in [2.75, 3.05) is 25.7 Å². The maximum absolute atomic E-state index is 5.30. The molecule has 1 aromatic rings. The lowest BCUT2D eigenvalue weighted by molar-refractivity contribution is 0.143. The van der Waals surface area contributed by atoms with Crippen molar-refractivity contribution in [2.45, 2.75) is 6.92 Å². The molecule has 0 spiro atoms. The monoisotopic (exact) mass is 198 g/mol. The van der Waals surface area contributed by atoms with Crippen LogP contribution in [0.1, 0.15) is 5.82 Å². The van der Waals surface area contributed by atoms with E-state index in [1.54, 1.807) is 20.1 Å². The fourth-order valence-corrected chi connectivity index (χ4v) is 0.918. The summed E-state index contributed by atoms with van der Waals surface area (Å²) in [6.45, 7) is 2.75. The molecule has 0 fully saturated rings. The molecule has 1 heterocycles. The summed E-state index contributed by atoms with van der Waals surface area (Å²) in [5.41, 5.74) is 2.44.